The fourth-order valence-corrected chi connectivity index (χ4v) is 1.85. The van der Waals surface area contributed by atoms with Crippen molar-refractivity contribution in [2.45, 2.75) is 19.3 Å². The average Bonchev–Trinajstić information content (AvgIpc) is 2.25. The largest absolute Gasteiger partial charge is 0.377 e. The molecule has 1 atom stereocenters. The molecule has 0 saturated carbocycles. The Morgan fingerprint density at radius 1 is 1.31 bits per heavy atom. The minimum atomic E-state index is -0.289. The number of rotatable bonds is 5. The summed E-state index contributed by atoms with van der Waals surface area (Å²) in [6.07, 6.45) is -0.289. The third-order valence-corrected chi connectivity index (χ3v) is 3.42. The Balaban J connectivity index is 2.69. The average molecular weight is 309 g/mol. The van der Waals surface area contributed by atoms with E-state index in [2.05, 4.69) is 21.2 Å². The molecular formula is C11H15BrClNO2. The maximum Gasteiger partial charge on any atom is 0.176 e. The summed E-state index contributed by atoms with van der Waals surface area (Å²) in [6, 6.07) is 5.72. The predicted octanol–water partition coefficient (Wildman–Crippen LogP) is 3.52. The first-order valence-electron chi connectivity index (χ1n) is 4.85. The molecule has 0 radical (unpaired) electrons. The van der Waals surface area contributed by atoms with Gasteiger partial charge in [0.05, 0.1) is 11.1 Å². The summed E-state index contributed by atoms with van der Waals surface area (Å²) in [6.45, 7) is 1.98. The molecule has 3 nitrogen and oxygen atoms in total. The smallest absolute Gasteiger partial charge is 0.176 e. The zero-order valence-corrected chi connectivity index (χ0v) is 11.8. The van der Waals surface area contributed by atoms with Crippen LogP contribution in [0.2, 0.25) is 5.02 Å². The Labute approximate surface area is 109 Å². The number of methoxy groups -OCH3 is 2. The fourth-order valence-electron chi connectivity index (χ4n) is 1.42. The Morgan fingerprint density at radius 2 is 1.94 bits per heavy atom. The normalized spacial score (nSPS) is 12.9. The molecule has 0 saturated heterocycles. The Bertz CT molecular complexity index is 345. The Kier molecular flexibility index (Phi) is 5.55. The van der Waals surface area contributed by atoms with E-state index in [-0.39, 0.29) is 12.3 Å². The first-order valence-corrected chi connectivity index (χ1v) is 6.02. The third kappa shape index (κ3) is 3.63. The first kappa shape index (κ1) is 13.8. The van der Waals surface area contributed by atoms with E-state index in [1.54, 1.807) is 14.2 Å². The van der Waals surface area contributed by atoms with E-state index in [9.17, 15) is 0 Å². The molecule has 16 heavy (non-hydrogen) atoms. The highest BCUT2D eigenvalue weighted by Crippen LogP contribution is 2.26. The molecule has 5 heteroatoms. The lowest BCUT2D eigenvalue weighted by atomic mass is 10.2. The van der Waals surface area contributed by atoms with E-state index in [0.717, 1.165) is 10.2 Å². The lowest BCUT2D eigenvalue weighted by Gasteiger charge is -2.23. The van der Waals surface area contributed by atoms with E-state index >= 15 is 0 Å². The minimum Gasteiger partial charge on any atom is -0.377 e. The van der Waals surface area contributed by atoms with Gasteiger partial charge in [-0.1, -0.05) is 11.6 Å². The van der Waals surface area contributed by atoms with E-state index < -0.39 is 0 Å². The van der Waals surface area contributed by atoms with Crippen molar-refractivity contribution in [2.75, 3.05) is 19.5 Å². The minimum absolute atomic E-state index is 0.0345. The van der Waals surface area contributed by atoms with Crippen molar-refractivity contribution < 1.29 is 9.47 Å². The topological polar surface area (TPSA) is 30.5 Å². The molecule has 0 aliphatic carbocycles. The van der Waals surface area contributed by atoms with Crippen LogP contribution in [0, 0.1) is 0 Å². The van der Waals surface area contributed by atoms with Crippen molar-refractivity contribution in [3.63, 3.8) is 0 Å². The van der Waals surface area contributed by atoms with Gasteiger partial charge in [0.1, 0.15) is 0 Å². The van der Waals surface area contributed by atoms with Gasteiger partial charge in [-0.25, -0.2) is 0 Å². The summed E-state index contributed by atoms with van der Waals surface area (Å²) >= 11 is 9.34. The molecular weight excluding hydrogens is 293 g/mol. The standard InChI is InChI=1S/C11H15BrClNO2/c1-7(11(15-2)16-3)14-8-4-5-9(12)10(13)6-8/h4-7,11,14H,1-3H3. The molecule has 0 amide bonds. The van der Waals surface area contributed by atoms with Crippen molar-refractivity contribution in [2.24, 2.45) is 0 Å². The molecule has 1 aromatic rings. The van der Waals surface area contributed by atoms with Gasteiger partial charge in [0.15, 0.2) is 6.29 Å². The number of nitrogens with one attached hydrogen (secondary N) is 1. The van der Waals surface area contributed by atoms with E-state index in [4.69, 9.17) is 21.1 Å². The summed E-state index contributed by atoms with van der Waals surface area (Å²) in [5, 5.41) is 3.93. The quantitative estimate of drug-likeness (QED) is 0.844. The predicted molar refractivity (Wildman–Crippen MR) is 70.0 cm³/mol. The van der Waals surface area contributed by atoms with Crippen molar-refractivity contribution in [1.82, 2.24) is 0 Å². The van der Waals surface area contributed by atoms with Crippen LogP contribution in [-0.4, -0.2) is 26.6 Å². The van der Waals surface area contributed by atoms with Gasteiger partial charge in [-0.15, -0.1) is 0 Å². The highest BCUT2D eigenvalue weighted by atomic mass is 79.9. The van der Waals surface area contributed by atoms with Crippen LogP contribution >= 0.6 is 27.5 Å². The van der Waals surface area contributed by atoms with Crippen LogP contribution in [0.3, 0.4) is 0 Å². The van der Waals surface area contributed by atoms with Crippen LogP contribution < -0.4 is 5.32 Å². The van der Waals surface area contributed by atoms with Crippen molar-refractivity contribution in [3.05, 3.63) is 27.7 Å². The third-order valence-electron chi connectivity index (χ3n) is 2.19. The summed E-state index contributed by atoms with van der Waals surface area (Å²) < 4.78 is 11.2. The van der Waals surface area contributed by atoms with Crippen molar-refractivity contribution >= 4 is 33.2 Å². The molecule has 0 aromatic heterocycles. The molecule has 0 aliphatic rings. The Hall–Kier alpha value is -0.290. The van der Waals surface area contributed by atoms with Gasteiger partial charge in [0.25, 0.3) is 0 Å². The highest BCUT2D eigenvalue weighted by Gasteiger charge is 2.15. The molecule has 0 fully saturated rings. The van der Waals surface area contributed by atoms with Crippen LogP contribution in [0.5, 0.6) is 0 Å². The van der Waals surface area contributed by atoms with Gasteiger partial charge in [-0.2, -0.15) is 0 Å². The second-order valence-electron chi connectivity index (χ2n) is 3.40. The van der Waals surface area contributed by atoms with Crippen molar-refractivity contribution in [3.8, 4) is 0 Å². The zero-order chi connectivity index (χ0) is 12.1. The monoisotopic (exact) mass is 307 g/mol. The molecule has 0 aliphatic heterocycles. The number of halogens is 2. The number of ether oxygens (including phenoxy) is 2. The molecule has 1 aromatic carbocycles. The van der Waals surface area contributed by atoms with Gasteiger partial charge in [-0.3, -0.25) is 0 Å². The highest BCUT2D eigenvalue weighted by molar-refractivity contribution is 9.10. The van der Waals surface area contributed by atoms with Gasteiger partial charge < -0.3 is 14.8 Å². The number of anilines is 1. The van der Waals surface area contributed by atoms with E-state index in [0.29, 0.717) is 5.02 Å². The molecule has 90 valence electrons. The maximum atomic E-state index is 6.00. The molecule has 1 unspecified atom stereocenters. The van der Waals surface area contributed by atoms with Crippen LogP contribution in [0.4, 0.5) is 5.69 Å². The lowest BCUT2D eigenvalue weighted by Crippen LogP contribution is -2.33. The SMILES string of the molecule is COC(OC)C(C)Nc1ccc(Br)c(Cl)c1. The second kappa shape index (κ2) is 6.45. The zero-order valence-electron chi connectivity index (χ0n) is 9.46. The lowest BCUT2D eigenvalue weighted by molar-refractivity contribution is -0.109. The molecule has 1 rings (SSSR count). The number of benzene rings is 1. The van der Waals surface area contributed by atoms with E-state index in [1.807, 2.05) is 25.1 Å². The summed E-state index contributed by atoms with van der Waals surface area (Å²) in [4.78, 5) is 0. The van der Waals surface area contributed by atoms with Gasteiger partial charge >= 0.3 is 0 Å². The van der Waals surface area contributed by atoms with Crippen LogP contribution in [0.25, 0.3) is 0 Å². The maximum absolute atomic E-state index is 6.00. The van der Waals surface area contributed by atoms with Gasteiger partial charge in [0, 0.05) is 24.4 Å². The molecule has 0 bridgehead atoms. The summed E-state index contributed by atoms with van der Waals surface area (Å²) in [5.41, 5.74) is 0.930. The van der Waals surface area contributed by atoms with Crippen molar-refractivity contribution in [1.29, 1.82) is 0 Å². The number of hydrogen-bond donors (Lipinski definition) is 1. The molecule has 0 heterocycles. The van der Waals surface area contributed by atoms with Gasteiger partial charge in [-0.05, 0) is 41.1 Å². The van der Waals surface area contributed by atoms with E-state index in [1.165, 1.54) is 0 Å². The number of hydrogen-bond acceptors (Lipinski definition) is 3. The molecule has 0 spiro atoms. The van der Waals surface area contributed by atoms with Crippen LogP contribution in [0.1, 0.15) is 6.92 Å². The van der Waals surface area contributed by atoms with Gasteiger partial charge in [0.2, 0.25) is 0 Å². The summed E-state index contributed by atoms with van der Waals surface area (Å²) in [7, 11) is 3.22. The summed E-state index contributed by atoms with van der Waals surface area (Å²) in [5.74, 6) is 0. The first-order chi connectivity index (χ1) is 7.58. The molecule has 1 N–H and O–H groups in total. The van der Waals surface area contributed by atoms with Crippen LogP contribution in [-0.2, 0) is 9.47 Å². The Morgan fingerprint density at radius 3 is 2.44 bits per heavy atom. The fraction of sp³-hybridized carbons (Fsp3) is 0.455. The second-order valence-corrected chi connectivity index (χ2v) is 4.66. The van der Waals surface area contributed by atoms with Crippen LogP contribution in [0.15, 0.2) is 22.7 Å².